The second-order valence-electron chi connectivity index (χ2n) is 6.22. The van der Waals surface area contributed by atoms with Crippen molar-refractivity contribution in [3.63, 3.8) is 0 Å². The normalized spacial score (nSPS) is 19.9. The Balaban J connectivity index is 2.23. The fourth-order valence-corrected chi connectivity index (χ4v) is 4.21. The summed E-state index contributed by atoms with van der Waals surface area (Å²) >= 11 is 12.8. The Morgan fingerprint density at radius 3 is 2.77 bits per heavy atom. The van der Waals surface area contributed by atoms with Gasteiger partial charge in [-0.15, -0.1) is 0 Å². The number of hydrogen-bond acceptors (Lipinski definition) is 5. The molecule has 2 aliphatic rings. The molecule has 2 aliphatic heterocycles. The summed E-state index contributed by atoms with van der Waals surface area (Å²) < 4.78 is 5.11. The first-order valence-electron chi connectivity index (χ1n) is 8.39. The minimum Gasteiger partial charge on any atom is -0.466 e. The van der Waals surface area contributed by atoms with Gasteiger partial charge in [0.25, 0.3) is 0 Å². The highest BCUT2D eigenvalue weighted by atomic mass is 35.5. The van der Waals surface area contributed by atoms with Crippen molar-refractivity contribution in [3.8, 4) is 0 Å². The van der Waals surface area contributed by atoms with E-state index in [1.807, 2.05) is 19.1 Å². The highest BCUT2D eigenvalue weighted by molar-refractivity contribution is 6.42. The Bertz CT molecular complexity index is 788. The molecule has 1 aromatic carbocycles. The Hall–Kier alpha value is -1.53. The number of carbonyl (C=O) groups excluding carboxylic acids is 1. The summed E-state index contributed by atoms with van der Waals surface area (Å²) in [6.45, 7) is 3.09. The zero-order valence-electron chi connectivity index (χ0n) is 15.0. The minimum atomic E-state index is -0.395. The van der Waals surface area contributed by atoms with E-state index in [-0.39, 0.29) is 12.6 Å². The lowest BCUT2D eigenvalue weighted by atomic mass is 9.80. The number of rotatable bonds is 5. The van der Waals surface area contributed by atoms with Crippen LogP contribution in [0.1, 0.15) is 31.2 Å². The van der Waals surface area contributed by atoms with Crippen molar-refractivity contribution in [3.05, 3.63) is 56.3 Å². The molecule has 7 heteroatoms. The standard InChI is InChI=1S/C19H21Cl2NO4/c1-11-13(10-26-25-3)16(12-6-4-7-14(20)18(12)21)17(19(23)24-2)15-8-5-9-22(11)15/h4,6-7,16H,5,8-10H2,1-3H3. The van der Waals surface area contributed by atoms with Crippen molar-refractivity contribution in [2.24, 2.45) is 0 Å². The van der Waals surface area contributed by atoms with E-state index in [0.29, 0.717) is 15.6 Å². The maximum absolute atomic E-state index is 12.7. The van der Waals surface area contributed by atoms with Gasteiger partial charge in [0.2, 0.25) is 0 Å². The van der Waals surface area contributed by atoms with Crippen molar-refractivity contribution >= 4 is 29.2 Å². The van der Waals surface area contributed by atoms with E-state index in [1.54, 1.807) is 6.07 Å². The van der Waals surface area contributed by atoms with E-state index in [9.17, 15) is 4.79 Å². The van der Waals surface area contributed by atoms with E-state index in [1.165, 1.54) is 14.2 Å². The molecular formula is C19H21Cl2NO4. The first kappa shape index (κ1) is 19.2. The number of fused-ring (bicyclic) bond motifs is 1. The second kappa shape index (κ2) is 8.01. The third kappa shape index (κ3) is 3.25. The third-order valence-corrected chi connectivity index (χ3v) is 5.80. The van der Waals surface area contributed by atoms with Crippen LogP contribution in [0.2, 0.25) is 10.0 Å². The molecular weight excluding hydrogens is 377 g/mol. The summed E-state index contributed by atoms with van der Waals surface area (Å²) in [5.41, 5.74) is 4.28. The molecule has 1 atom stereocenters. The fraction of sp³-hybridized carbons (Fsp3) is 0.421. The van der Waals surface area contributed by atoms with Crippen LogP contribution in [0.4, 0.5) is 0 Å². The lowest BCUT2D eigenvalue weighted by molar-refractivity contribution is -0.265. The quantitative estimate of drug-likeness (QED) is 0.416. The van der Waals surface area contributed by atoms with Crippen molar-refractivity contribution < 1.29 is 19.3 Å². The number of ether oxygens (including phenoxy) is 1. The SMILES string of the molecule is COOCC1=C(C)N2CCCC2=C(C(=O)OC)C1c1cccc(Cl)c1Cl. The third-order valence-electron chi connectivity index (χ3n) is 4.97. The van der Waals surface area contributed by atoms with Gasteiger partial charge >= 0.3 is 5.97 Å². The predicted octanol–water partition coefficient (Wildman–Crippen LogP) is 4.47. The van der Waals surface area contributed by atoms with E-state index in [2.05, 4.69) is 4.90 Å². The monoisotopic (exact) mass is 397 g/mol. The second-order valence-corrected chi connectivity index (χ2v) is 7.01. The smallest absolute Gasteiger partial charge is 0.336 e. The predicted molar refractivity (Wildman–Crippen MR) is 99.8 cm³/mol. The molecule has 0 N–H and O–H groups in total. The Morgan fingerprint density at radius 2 is 2.08 bits per heavy atom. The molecule has 1 saturated heterocycles. The van der Waals surface area contributed by atoms with Crippen molar-refractivity contribution in [2.75, 3.05) is 27.4 Å². The van der Waals surface area contributed by atoms with Crippen LogP contribution in [-0.4, -0.2) is 38.2 Å². The van der Waals surface area contributed by atoms with E-state index < -0.39 is 5.92 Å². The van der Waals surface area contributed by atoms with E-state index in [4.69, 9.17) is 37.7 Å². The molecule has 140 valence electrons. The lowest BCUT2D eigenvalue weighted by Gasteiger charge is -2.36. The van der Waals surface area contributed by atoms with Gasteiger partial charge in [-0.1, -0.05) is 35.3 Å². The molecule has 1 fully saturated rings. The van der Waals surface area contributed by atoms with Crippen LogP contribution in [0.15, 0.2) is 40.7 Å². The van der Waals surface area contributed by atoms with Crippen LogP contribution in [0.3, 0.4) is 0 Å². The molecule has 0 saturated carbocycles. The molecule has 1 unspecified atom stereocenters. The number of carbonyl (C=O) groups is 1. The summed E-state index contributed by atoms with van der Waals surface area (Å²) in [6, 6.07) is 5.44. The molecule has 1 aromatic rings. The van der Waals surface area contributed by atoms with Crippen LogP contribution in [-0.2, 0) is 19.3 Å². The van der Waals surface area contributed by atoms with Gasteiger partial charge in [0.1, 0.15) is 6.61 Å². The van der Waals surface area contributed by atoms with Gasteiger partial charge in [0, 0.05) is 23.9 Å². The Kier molecular flexibility index (Phi) is 5.92. The van der Waals surface area contributed by atoms with E-state index in [0.717, 1.165) is 41.9 Å². The molecule has 0 radical (unpaired) electrons. The molecule has 2 heterocycles. The van der Waals surface area contributed by atoms with Crippen molar-refractivity contribution in [2.45, 2.75) is 25.7 Å². The number of benzene rings is 1. The number of hydrogen-bond donors (Lipinski definition) is 0. The average Bonchev–Trinajstić information content (AvgIpc) is 3.12. The molecule has 26 heavy (non-hydrogen) atoms. The van der Waals surface area contributed by atoms with Crippen molar-refractivity contribution in [1.82, 2.24) is 4.90 Å². The van der Waals surface area contributed by atoms with Gasteiger partial charge in [-0.25, -0.2) is 14.6 Å². The highest BCUT2D eigenvalue weighted by Gasteiger charge is 2.40. The zero-order valence-corrected chi connectivity index (χ0v) is 16.5. The number of methoxy groups -OCH3 is 1. The molecule has 3 rings (SSSR count). The van der Waals surface area contributed by atoms with Gasteiger partial charge in [-0.2, -0.15) is 0 Å². The molecule has 0 spiro atoms. The van der Waals surface area contributed by atoms with E-state index >= 15 is 0 Å². The summed E-state index contributed by atoms with van der Waals surface area (Å²) in [6.07, 6.45) is 1.79. The van der Waals surface area contributed by atoms with Crippen LogP contribution in [0.25, 0.3) is 0 Å². The van der Waals surface area contributed by atoms with Crippen LogP contribution in [0.5, 0.6) is 0 Å². The molecule has 5 nitrogen and oxygen atoms in total. The summed E-state index contributed by atoms with van der Waals surface area (Å²) in [5.74, 6) is -0.761. The Labute approximate surface area is 163 Å². The number of esters is 1. The molecule has 0 aliphatic carbocycles. The molecule has 0 aromatic heterocycles. The average molecular weight is 398 g/mol. The first-order chi connectivity index (χ1) is 12.5. The number of allylic oxidation sites excluding steroid dienone is 2. The molecule has 0 bridgehead atoms. The zero-order chi connectivity index (χ0) is 18.8. The van der Waals surface area contributed by atoms with Crippen molar-refractivity contribution in [1.29, 1.82) is 0 Å². The van der Waals surface area contributed by atoms with Crippen LogP contribution >= 0.6 is 23.2 Å². The summed E-state index contributed by atoms with van der Waals surface area (Å²) in [5, 5.41) is 0.868. The largest absolute Gasteiger partial charge is 0.466 e. The number of nitrogens with zero attached hydrogens (tertiary/aromatic N) is 1. The highest BCUT2D eigenvalue weighted by Crippen LogP contribution is 2.48. The lowest BCUT2D eigenvalue weighted by Crippen LogP contribution is -2.32. The first-order valence-corrected chi connectivity index (χ1v) is 9.14. The maximum atomic E-state index is 12.7. The number of halogens is 2. The van der Waals surface area contributed by atoms with Crippen LogP contribution in [0, 0.1) is 0 Å². The topological polar surface area (TPSA) is 48.0 Å². The minimum absolute atomic E-state index is 0.208. The molecule has 0 amide bonds. The van der Waals surface area contributed by atoms with Gasteiger partial charge in [-0.05, 0) is 37.0 Å². The fourth-order valence-electron chi connectivity index (χ4n) is 3.79. The Morgan fingerprint density at radius 1 is 1.31 bits per heavy atom. The maximum Gasteiger partial charge on any atom is 0.336 e. The van der Waals surface area contributed by atoms with Gasteiger partial charge < -0.3 is 9.64 Å². The van der Waals surface area contributed by atoms with Crippen LogP contribution < -0.4 is 0 Å². The summed E-state index contributed by atoms with van der Waals surface area (Å²) in [7, 11) is 2.85. The van der Waals surface area contributed by atoms with Gasteiger partial charge in [0.05, 0.1) is 29.8 Å². The summed E-state index contributed by atoms with van der Waals surface area (Å²) in [4.78, 5) is 25.0. The van der Waals surface area contributed by atoms with Gasteiger partial charge in [-0.3, -0.25) is 0 Å². The van der Waals surface area contributed by atoms with Gasteiger partial charge in [0.15, 0.2) is 0 Å².